The van der Waals surface area contributed by atoms with E-state index in [-0.39, 0.29) is 11.8 Å². The molecule has 0 bridgehead atoms. The number of hydrogen-bond acceptors (Lipinski definition) is 2. The minimum Gasteiger partial charge on any atom is -0.325 e. The van der Waals surface area contributed by atoms with Crippen molar-refractivity contribution in [1.82, 2.24) is 0 Å². The topological polar surface area (TPSA) is 29.1 Å². The highest BCUT2D eigenvalue weighted by atomic mass is 32.1. The Hall–Kier alpha value is -2.13. The highest BCUT2D eigenvalue weighted by Crippen LogP contribution is 2.41. The molecule has 1 aliphatic rings. The molecule has 0 unspecified atom stereocenters. The molecule has 0 fully saturated rings. The molecule has 2 heterocycles. The number of anilines is 1. The Morgan fingerprint density at radius 2 is 2.00 bits per heavy atom. The highest BCUT2D eigenvalue weighted by Gasteiger charge is 2.27. The van der Waals surface area contributed by atoms with Crippen LogP contribution >= 0.6 is 11.3 Å². The van der Waals surface area contributed by atoms with Gasteiger partial charge in [0.15, 0.2) is 0 Å². The normalized spacial score (nSPS) is 17.8. The second kappa shape index (κ2) is 4.46. The molecule has 3 heteroatoms. The maximum absolute atomic E-state index is 12.1. The van der Waals surface area contributed by atoms with Crippen LogP contribution in [0.25, 0.3) is 10.8 Å². The van der Waals surface area contributed by atoms with E-state index in [4.69, 9.17) is 0 Å². The maximum atomic E-state index is 12.1. The number of benzene rings is 2. The van der Waals surface area contributed by atoms with Crippen molar-refractivity contribution in [1.29, 1.82) is 0 Å². The fourth-order valence-corrected chi connectivity index (χ4v) is 3.69. The van der Waals surface area contributed by atoms with E-state index in [1.165, 1.54) is 11.1 Å². The van der Waals surface area contributed by atoms with Gasteiger partial charge in [-0.15, -0.1) is 0 Å². The van der Waals surface area contributed by atoms with Crippen molar-refractivity contribution in [3.8, 4) is 0 Å². The molecule has 0 radical (unpaired) electrons. The molecule has 0 aliphatic carbocycles. The number of thiophene rings is 1. The first-order valence-corrected chi connectivity index (χ1v) is 7.61. The SMILES string of the molecule is O=C1C[C@@H](c2ccsc2)c2ccc3ccccc3c2N1. The Bertz CT molecular complexity index is 792. The Balaban J connectivity index is 1.97. The molecular weight excluding hydrogens is 266 g/mol. The molecule has 4 rings (SSSR count). The van der Waals surface area contributed by atoms with Gasteiger partial charge < -0.3 is 5.32 Å². The van der Waals surface area contributed by atoms with Gasteiger partial charge in [0.05, 0.1) is 5.69 Å². The van der Waals surface area contributed by atoms with Crippen LogP contribution in [0.4, 0.5) is 5.69 Å². The lowest BCUT2D eigenvalue weighted by Crippen LogP contribution is -2.23. The van der Waals surface area contributed by atoms with Gasteiger partial charge in [0.25, 0.3) is 0 Å². The summed E-state index contributed by atoms with van der Waals surface area (Å²) in [5.74, 6) is 0.277. The summed E-state index contributed by atoms with van der Waals surface area (Å²) in [7, 11) is 0. The lowest BCUT2D eigenvalue weighted by atomic mass is 9.84. The zero-order valence-corrected chi connectivity index (χ0v) is 11.6. The summed E-state index contributed by atoms with van der Waals surface area (Å²) in [5.41, 5.74) is 3.44. The third-order valence-corrected chi connectivity index (χ3v) is 4.64. The molecule has 1 atom stereocenters. The van der Waals surface area contributed by atoms with Crippen LogP contribution in [0.3, 0.4) is 0 Å². The first-order valence-electron chi connectivity index (χ1n) is 6.66. The van der Waals surface area contributed by atoms with E-state index in [2.05, 4.69) is 46.4 Å². The largest absolute Gasteiger partial charge is 0.325 e. The minimum atomic E-state index is 0.102. The number of hydrogen-bond donors (Lipinski definition) is 1. The molecular formula is C17H13NOS. The average molecular weight is 279 g/mol. The maximum Gasteiger partial charge on any atom is 0.225 e. The molecule has 2 aromatic carbocycles. The van der Waals surface area contributed by atoms with Crippen molar-refractivity contribution < 1.29 is 4.79 Å². The van der Waals surface area contributed by atoms with Crippen LogP contribution in [-0.4, -0.2) is 5.91 Å². The lowest BCUT2D eigenvalue weighted by Gasteiger charge is -2.26. The zero-order chi connectivity index (χ0) is 13.5. The fraction of sp³-hybridized carbons (Fsp3) is 0.118. The van der Waals surface area contributed by atoms with E-state index >= 15 is 0 Å². The van der Waals surface area contributed by atoms with Crippen molar-refractivity contribution in [2.45, 2.75) is 12.3 Å². The quantitative estimate of drug-likeness (QED) is 0.704. The van der Waals surface area contributed by atoms with Crippen molar-refractivity contribution >= 4 is 33.7 Å². The number of carbonyl (C=O) groups is 1. The molecule has 0 spiro atoms. The lowest BCUT2D eigenvalue weighted by molar-refractivity contribution is -0.116. The number of fused-ring (bicyclic) bond motifs is 3. The number of rotatable bonds is 1. The van der Waals surface area contributed by atoms with Crippen LogP contribution in [0.5, 0.6) is 0 Å². The van der Waals surface area contributed by atoms with Gasteiger partial charge >= 0.3 is 0 Å². The van der Waals surface area contributed by atoms with Crippen molar-refractivity contribution in [3.63, 3.8) is 0 Å². The van der Waals surface area contributed by atoms with Gasteiger partial charge in [-0.3, -0.25) is 4.79 Å². The zero-order valence-electron chi connectivity index (χ0n) is 10.8. The summed E-state index contributed by atoms with van der Waals surface area (Å²) in [6.07, 6.45) is 0.530. The smallest absolute Gasteiger partial charge is 0.225 e. The van der Waals surface area contributed by atoms with Crippen LogP contribution in [0.2, 0.25) is 0 Å². The van der Waals surface area contributed by atoms with Gasteiger partial charge in [-0.05, 0) is 33.3 Å². The molecule has 2 nitrogen and oxygen atoms in total. The van der Waals surface area contributed by atoms with Crippen molar-refractivity contribution in [3.05, 3.63) is 64.4 Å². The van der Waals surface area contributed by atoms with Gasteiger partial charge in [0.1, 0.15) is 0 Å². The summed E-state index contributed by atoms with van der Waals surface area (Å²) >= 11 is 1.68. The standard InChI is InChI=1S/C17H13NOS/c19-16-9-15(12-7-8-20-10-12)14-6-5-11-3-1-2-4-13(11)17(14)18-16/h1-8,10,15H,9H2,(H,18,19)/t15-/m0/s1. The summed E-state index contributed by atoms with van der Waals surface area (Å²) in [6.45, 7) is 0. The van der Waals surface area contributed by atoms with Crippen LogP contribution in [-0.2, 0) is 4.79 Å². The second-order valence-corrected chi connectivity index (χ2v) is 5.89. The van der Waals surface area contributed by atoms with Crippen LogP contribution in [0, 0.1) is 0 Å². The van der Waals surface area contributed by atoms with E-state index in [9.17, 15) is 4.79 Å². The molecule has 98 valence electrons. The highest BCUT2D eigenvalue weighted by molar-refractivity contribution is 7.08. The van der Waals surface area contributed by atoms with E-state index in [0.29, 0.717) is 6.42 Å². The summed E-state index contributed by atoms with van der Waals surface area (Å²) < 4.78 is 0. The van der Waals surface area contributed by atoms with Crippen LogP contribution < -0.4 is 5.32 Å². The number of carbonyl (C=O) groups excluding carboxylic acids is 1. The molecule has 0 saturated carbocycles. The third kappa shape index (κ3) is 1.74. The fourth-order valence-electron chi connectivity index (χ4n) is 2.97. The van der Waals surface area contributed by atoms with E-state index in [1.807, 2.05) is 12.1 Å². The molecule has 1 N–H and O–H groups in total. The Morgan fingerprint density at radius 3 is 2.85 bits per heavy atom. The first-order chi connectivity index (χ1) is 9.83. The number of nitrogens with one attached hydrogen (secondary N) is 1. The second-order valence-electron chi connectivity index (χ2n) is 5.11. The predicted molar refractivity (Wildman–Crippen MR) is 83.4 cm³/mol. The Kier molecular flexibility index (Phi) is 2.60. The third-order valence-electron chi connectivity index (χ3n) is 3.94. The summed E-state index contributed by atoms with van der Waals surface area (Å²) in [5, 5.41) is 9.56. The van der Waals surface area contributed by atoms with E-state index in [1.54, 1.807) is 11.3 Å². The average Bonchev–Trinajstić information content (AvgIpc) is 3.00. The Morgan fingerprint density at radius 1 is 1.10 bits per heavy atom. The van der Waals surface area contributed by atoms with Crippen molar-refractivity contribution in [2.24, 2.45) is 0 Å². The molecule has 1 aliphatic heterocycles. The first kappa shape index (κ1) is 11.7. The predicted octanol–water partition coefficient (Wildman–Crippen LogP) is 4.38. The van der Waals surface area contributed by atoms with Crippen molar-refractivity contribution in [2.75, 3.05) is 5.32 Å². The van der Waals surface area contributed by atoms with Gasteiger partial charge in [-0.1, -0.05) is 36.4 Å². The summed E-state index contributed by atoms with van der Waals surface area (Å²) in [4.78, 5) is 12.1. The van der Waals surface area contributed by atoms with Gasteiger partial charge in [0.2, 0.25) is 5.91 Å². The molecule has 0 saturated heterocycles. The van der Waals surface area contributed by atoms with Crippen LogP contribution in [0.1, 0.15) is 23.5 Å². The number of amides is 1. The van der Waals surface area contributed by atoms with E-state index < -0.39 is 0 Å². The van der Waals surface area contributed by atoms with Gasteiger partial charge in [-0.2, -0.15) is 11.3 Å². The molecule has 1 aromatic heterocycles. The van der Waals surface area contributed by atoms with Gasteiger partial charge in [0, 0.05) is 17.7 Å². The minimum absolute atomic E-state index is 0.102. The molecule has 3 aromatic rings. The molecule has 20 heavy (non-hydrogen) atoms. The van der Waals surface area contributed by atoms with Gasteiger partial charge in [-0.25, -0.2) is 0 Å². The Labute approximate surface area is 121 Å². The molecule has 1 amide bonds. The summed E-state index contributed by atoms with van der Waals surface area (Å²) in [6, 6.07) is 14.6. The monoisotopic (exact) mass is 279 g/mol. The van der Waals surface area contributed by atoms with Crippen LogP contribution in [0.15, 0.2) is 53.2 Å². The van der Waals surface area contributed by atoms with E-state index in [0.717, 1.165) is 16.5 Å².